The number of aryl methyl sites for hydroxylation is 3. The Morgan fingerprint density at radius 1 is 0.773 bits per heavy atom. The van der Waals surface area contributed by atoms with E-state index < -0.39 is 0 Å². The summed E-state index contributed by atoms with van der Waals surface area (Å²) in [6.45, 7) is 6.31. The van der Waals surface area contributed by atoms with E-state index in [4.69, 9.17) is 4.42 Å². The van der Waals surface area contributed by atoms with Crippen LogP contribution >= 0.6 is 0 Å². The lowest BCUT2D eigenvalue weighted by atomic mass is 10.0. The zero-order valence-electron chi connectivity index (χ0n) is 13.0. The number of rotatable bonds is 1. The first-order chi connectivity index (χ1) is 10.6. The Labute approximate surface area is 129 Å². The van der Waals surface area contributed by atoms with Crippen LogP contribution < -0.4 is 0 Å². The second kappa shape index (κ2) is 4.70. The molecule has 0 aliphatic carbocycles. The Balaban J connectivity index is 2.13. The van der Waals surface area contributed by atoms with E-state index >= 15 is 0 Å². The van der Waals surface area contributed by atoms with Crippen LogP contribution in [0.5, 0.6) is 0 Å². The van der Waals surface area contributed by atoms with Gasteiger partial charge in [0.2, 0.25) is 0 Å². The van der Waals surface area contributed by atoms with Gasteiger partial charge in [-0.1, -0.05) is 11.6 Å². The number of benzene rings is 2. The summed E-state index contributed by atoms with van der Waals surface area (Å²) in [6, 6.07) is 14.8. The summed E-state index contributed by atoms with van der Waals surface area (Å²) in [5, 5.41) is 2.34. The third kappa shape index (κ3) is 2.00. The van der Waals surface area contributed by atoms with Gasteiger partial charge in [0, 0.05) is 22.5 Å². The minimum Gasteiger partial charge on any atom is -0.455 e. The van der Waals surface area contributed by atoms with Crippen LogP contribution in [0.25, 0.3) is 33.2 Å². The van der Waals surface area contributed by atoms with E-state index in [9.17, 15) is 0 Å². The summed E-state index contributed by atoms with van der Waals surface area (Å²) in [6.07, 6.45) is 1.85. The normalized spacial score (nSPS) is 11.4. The molecule has 0 spiro atoms. The highest BCUT2D eigenvalue weighted by molar-refractivity contribution is 6.09. The van der Waals surface area contributed by atoms with Gasteiger partial charge in [0.1, 0.15) is 11.2 Å². The van der Waals surface area contributed by atoms with Crippen LogP contribution in [0.15, 0.2) is 53.1 Å². The number of hydrogen-bond acceptors (Lipinski definition) is 2. The van der Waals surface area contributed by atoms with Gasteiger partial charge in [-0.3, -0.25) is 4.98 Å². The summed E-state index contributed by atoms with van der Waals surface area (Å²) < 4.78 is 6.15. The van der Waals surface area contributed by atoms with Crippen LogP contribution in [0, 0.1) is 20.8 Å². The molecule has 4 aromatic rings. The second-order valence-electron chi connectivity index (χ2n) is 6.01. The molecule has 0 amide bonds. The zero-order valence-corrected chi connectivity index (χ0v) is 13.0. The van der Waals surface area contributed by atoms with Crippen molar-refractivity contribution in [3.05, 3.63) is 65.4 Å². The van der Waals surface area contributed by atoms with Crippen molar-refractivity contribution >= 4 is 21.9 Å². The summed E-state index contributed by atoms with van der Waals surface area (Å²) in [4.78, 5) is 4.53. The maximum absolute atomic E-state index is 6.15. The van der Waals surface area contributed by atoms with E-state index in [1.165, 1.54) is 22.1 Å². The third-order valence-corrected chi connectivity index (χ3v) is 4.06. The molecule has 0 saturated heterocycles. The minimum atomic E-state index is 0.921. The van der Waals surface area contributed by atoms with Gasteiger partial charge in [0.15, 0.2) is 0 Å². The molecule has 0 unspecified atom stereocenters. The molecule has 2 aromatic carbocycles. The predicted molar refractivity (Wildman–Crippen MR) is 91.2 cm³/mol. The topological polar surface area (TPSA) is 26.0 Å². The van der Waals surface area contributed by atoms with E-state index in [0.717, 1.165) is 27.8 Å². The standard InChI is InChI=1S/C20H17NO/c1-12-4-5-19-15(8-12)16-9-14(3)10-17(20(16)22-19)18-11-13(2)6-7-21-18/h4-11H,1-3H3. The van der Waals surface area contributed by atoms with Crippen molar-refractivity contribution in [2.24, 2.45) is 0 Å². The van der Waals surface area contributed by atoms with Gasteiger partial charge in [0.05, 0.1) is 5.69 Å². The average molecular weight is 287 g/mol. The highest BCUT2D eigenvalue weighted by Crippen LogP contribution is 2.36. The van der Waals surface area contributed by atoms with E-state index in [1.54, 1.807) is 0 Å². The molecule has 0 bridgehead atoms. The molecule has 0 fully saturated rings. The second-order valence-corrected chi connectivity index (χ2v) is 6.01. The number of pyridine rings is 1. The monoisotopic (exact) mass is 287 g/mol. The number of fused-ring (bicyclic) bond motifs is 3. The average Bonchev–Trinajstić information content (AvgIpc) is 2.84. The Hall–Kier alpha value is -2.61. The zero-order chi connectivity index (χ0) is 15.3. The number of nitrogens with zero attached hydrogens (tertiary/aromatic N) is 1. The lowest BCUT2D eigenvalue weighted by Gasteiger charge is -2.04. The van der Waals surface area contributed by atoms with E-state index in [1.807, 2.05) is 18.3 Å². The molecule has 2 aromatic heterocycles. The molecular formula is C20H17NO. The fourth-order valence-corrected chi connectivity index (χ4v) is 3.01. The molecule has 2 heteroatoms. The Bertz CT molecular complexity index is 1010. The van der Waals surface area contributed by atoms with Gasteiger partial charge in [-0.15, -0.1) is 0 Å². The number of hydrogen-bond donors (Lipinski definition) is 0. The van der Waals surface area contributed by atoms with Gasteiger partial charge in [0.25, 0.3) is 0 Å². The molecule has 2 heterocycles. The van der Waals surface area contributed by atoms with Crippen LogP contribution in [-0.2, 0) is 0 Å². The molecule has 0 aliphatic rings. The Morgan fingerprint density at radius 3 is 2.36 bits per heavy atom. The molecule has 0 aliphatic heterocycles. The van der Waals surface area contributed by atoms with E-state index in [-0.39, 0.29) is 0 Å². The molecular weight excluding hydrogens is 270 g/mol. The largest absolute Gasteiger partial charge is 0.455 e. The third-order valence-electron chi connectivity index (χ3n) is 4.06. The fourth-order valence-electron chi connectivity index (χ4n) is 3.01. The summed E-state index contributed by atoms with van der Waals surface area (Å²) in [5.74, 6) is 0. The van der Waals surface area contributed by atoms with E-state index in [0.29, 0.717) is 0 Å². The van der Waals surface area contributed by atoms with Gasteiger partial charge in [-0.25, -0.2) is 0 Å². The number of aromatic nitrogens is 1. The summed E-state index contributed by atoms with van der Waals surface area (Å²) >= 11 is 0. The van der Waals surface area contributed by atoms with Crippen LogP contribution in [0.1, 0.15) is 16.7 Å². The predicted octanol–water partition coefficient (Wildman–Crippen LogP) is 5.57. The first-order valence-corrected chi connectivity index (χ1v) is 7.48. The molecule has 0 atom stereocenters. The van der Waals surface area contributed by atoms with Gasteiger partial charge >= 0.3 is 0 Å². The Kier molecular flexibility index (Phi) is 2.80. The van der Waals surface area contributed by atoms with Crippen molar-refractivity contribution in [3.63, 3.8) is 0 Å². The SMILES string of the molecule is Cc1ccnc(-c2cc(C)cc3c2oc2ccc(C)cc23)c1. The molecule has 0 radical (unpaired) electrons. The highest BCUT2D eigenvalue weighted by atomic mass is 16.3. The molecule has 0 saturated carbocycles. The van der Waals surface area contributed by atoms with Crippen LogP contribution in [0.3, 0.4) is 0 Å². The van der Waals surface area contributed by atoms with Crippen molar-refractivity contribution in [2.75, 3.05) is 0 Å². The van der Waals surface area contributed by atoms with Crippen LogP contribution in [0.4, 0.5) is 0 Å². The minimum absolute atomic E-state index is 0.921. The molecule has 0 N–H and O–H groups in total. The molecule has 108 valence electrons. The van der Waals surface area contributed by atoms with Crippen molar-refractivity contribution in [1.29, 1.82) is 0 Å². The molecule has 2 nitrogen and oxygen atoms in total. The highest BCUT2D eigenvalue weighted by Gasteiger charge is 2.14. The molecule has 22 heavy (non-hydrogen) atoms. The first-order valence-electron chi connectivity index (χ1n) is 7.48. The lowest BCUT2D eigenvalue weighted by Crippen LogP contribution is -1.86. The molecule has 4 rings (SSSR count). The quantitative estimate of drug-likeness (QED) is 0.457. The van der Waals surface area contributed by atoms with Gasteiger partial charge < -0.3 is 4.42 Å². The maximum atomic E-state index is 6.15. The van der Waals surface area contributed by atoms with Crippen LogP contribution in [0.2, 0.25) is 0 Å². The summed E-state index contributed by atoms with van der Waals surface area (Å²) in [7, 11) is 0. The van der Waals surface area contributed by atoms with Gasteiger partial charge in [-0.05, 0) is 68.3 Å². The van der Waals surface area contributed by atoms with Crippen molar-refractivity contribution in [2.45, 2.75) is 20.8 Å². The fraction of sp³-hybridized carbons (Fsp3) is 0.150. The van der Waals surface area contributed by atoms with E-state index in [2.05, 4.69) is 56.1 Å². The van der Waals surface area contributed by atoms with Crippen molar-refractivity contribution in [1.82, 2.24) is 4.98 Å². The number of furan rings is 1. The lowest BCUT2D eigenvalue weighted by molar-refractivity contribution is 0.669. The maximum Gasteiger partial charge on any atom is 0.144 e. The van der Waals surface area contributed by atoms with Crippen LogP contribution in [-0.4, -0.2) is 4.98 Å². The van der Waals surface area contributed by atoms with Gasteiger partial charge in [-0.2, -0.15) is 0 Å². The first kappa shape index (κ1) is 13.1. The van der Waals surface area contributed by atoms with Crippen molar-refractivity contribution < 1.29 is 4.42 Å². The Morgan fingerprint density at radius 2 is 1.55 bits per heavy atom. The smallest absolute Gasteiger partial charge is 0.144 e. The van der Waals surface area contributed by atoms with Crippen molar-refractivity contribution in [3.8, 4) is 11.3 Å². The summed E-state index contributed by atoms with van der Waals surface area (Å²) in [5.41, 5.74) is 7.54.